The van der Waals surface area contributed by atoms with Crippen LogP contribution in [0.5, 0.6) is 11.5 Å². The van der Waals surface area contributed by atoms with Gasteiger partial charge in [0.1, 0.15) is 0 Å². The zero-order chi connectivity index (χ0) is 18.7. The number of rotatable bonds is 3. The Hall–Kier alpha value is -2.28. The molecule has 0 spiro atoms. The first-order chi connectivity index (χ1) is 12.3. The molecule has 1 fully saturated rings. The lowest BCUT2D eigenvalue weighted by atomic mass is 10.1. The summed E-state index contributed by atoms with van der Waals surface area (Å²) in [5.74, 6) is 1.30. The number of carbonyl (C=O) groups excluding carboxylic acids is 2. The van der Waals surface area contributed by atoms with Gasteiger partial charge in [0, 0.05) is 37.3 Å². The van der Waals surface area contributed by atoms with E-state index in [1.54, 1.807) is 18.2 Å². The Kier molecular flexibility index (Phi) is 5.36. The van der Waals surface area contributed by atoms with Gasteiger partial charge in [0.2, 0.25) is 12.7 Å². The molecule has 1 aromatic carbocycles. The van der Waals surface area contributed by atoms with Crippen molar-refractivity contribution in [1.29, 1.82) is 0 Å². The predicted molar refractivity (Wildman–Crippen MR) is 97.4 cm³/mol. The second-order valence-corrected chi connectivity index (χ2v) is 7.79. The van der Waals surface area contributed by atoms with Crippen LogP contribution >= 0.6 is 0 Å². The van der Waals surface area contributed by atoms with Crippen molar-refractivity contribution in [1.82, 2.24) is 15.1 Å². The van der Waals surface area contributed by atoms with Gasteiger partial charge >= 0.3 is 0 Å². The van der Waals surface area contributed by atoms with Crippen molar-refractivity contribution in [2.75, 3.05) is 39.5 Å². The highest BCUT2D eigenvalue weighted by atomic mass is 16.7. The minimum atomic E-state index is -0.232. The van der Waals surface area contributed by atoms with Crippen LogP contribution in [-0.2, 0) is 4.79 Å². The molecule has 142 valence electrons. The van der Waals surface area contributed by atoms with Gasteiger partial charge in [-0.15, -0.1) is 0 Å². The average molecular weight is 361 g/mol. The second kappa shape index (κ2) is 7.53. The fourth-order valence-corrected chi connectivity index (χ4v) is 3.21. The maximum absolute atomic E-state index is 12.8. The van der Waals surface area contributed by atoms with Crippen molar-refractivity contribution in [3.63, 3.8) is 0 Å². The highest BCUT2D eigenvalue weighted by Gasteiger charge is 2.24. The molecule has 7 nitrogen and oxygen atoms in total. The number of carbonyl (C=O) groups is 2. The van der Waals surface area contributed by atoms with Crippen LogP contribution in [0.2, 0.25) is 0 Å². The van der Waals surface area contributed by atoms with Gasteiger partial charge in [-0.05, 0) is 45.4 Å². The van der Waals surface area contributed by atoms with Crippen LogP contribution in [-0.4, -0.2) is 66.7 Å². The maximum Gasteiger partial charge on any atom is 0.254 e. The van der Waals surface area contributed by atoms with Gasteiger partial charge in [-0.25, -0.2) is 0 Å². The highest BCUT2D eigenvalue weighted by Crippen LogP contribution is 2.32. The van der Waals surface area contributed by atoms with Gasteiger partial charge in [0.25, 0.3) is 5.91 Å². The standard InChI is InChI=1S/C19H27N3O4/c1-19(2,3)20-17(23)12-21-7-4-8-22(10-9-21)18(24)14-5-6-15-16(11-14)26-13-25-15/h5-6,11H,4,7-10,12-13H2,1-3H3,(H,20,23). The SMILES string of the molecule is CC(C)(C)NC(=O)CN1CCCN(C(=O)c2ccc3c(c2)OCO3)CC1. The molecule has 2 aliphatic rings. The number of fused-ring (bicyclic) bond motifs is 1. The van der Waals surface area contributed by atoms with Crippen molar-refractivity contribution in [3.05, 3.63) is 23.8 Å². The van der Waals surface area contributed by atoms with E-state index in [2.05, 4.69) is 10.2 Å². The Morgan fingerprint density at radius 2 is 1.85 bits per heavy atom. The fourth-order valence-electron chi connectivity index (χ4n) is 3.21. The quantitative estimate of drug-likeness (QED) is 0.883. The number of benzene rings is 1. The van der Waals surface area contributed by atoms with E-state index in [-0.39, 0.29) is 24.1 Å². The van der Waals surface area contributed by atoms with E-state index < -0.39 is 0 Å². The molecule has 0 aromatic heterocycles. The van der Waals surface area contributed by atoms with Crippen molar-refractivity contribution in [2.24, 2.45) is 0 Å². The molecule has 0 unspecified atom stereocenters. The minimum Gasteiger partial charge on any atom is -0.454 e. The summed E-state index contributed by atoms with van der Waals surface area (Å²) in [6.07, 6.45) is 0.846. The number of amides is 2. The average Bonchev–Trinajstić information content (AvgIpc) is 2.91. The molecule has 2 amide bonds. The molecule has 1 N–H and O–H groups in total. The van der Waals surface area contributed by atoms with Crippen LogP contribution in [0, 0.1) is 0 Å². The van der Waals surface area contributed by atoms with Crippen LogP contribution in [0.15, 0.2) is 18.2 Å². The molecule has 1 saturated heterocycles. The second-order valence-electron chi connectivity index (χ2n) is 7.79. The third kappa shape index (κ3) is 4.66. The zero-order valence-corrected chi connectivity index (χ0v) is 15.7. The highest BCUT2D eigenvalue weighted by molar-refractivity contribution is 5.95. The van der Waals surface area contributed by atoms with Gasteiger partial charge in [-0.1, -0.05) is 0 Å². The lowest BCUT2D eigenvalue weighted by Gasteiger charge is -2.25. The van der Waals surface area contributed by atoms with Crippen LogP contribution in [0.4, 0.5) is 0 Å². The zero-order valence-electron chi connectivity index (χ0n) is 15.7. The van der Waals surface area contributed by atoms with Crippen molar-refractivity contribution in [3.8, 4) is 11.5 Å². The van der Waals surface area contributed by atoms with Crippen LogP contribution in [0.1, 0.15) is 37.6 Å². The van der Waals surface area contributed by atoms with E-state index in [0.717, 1.165) is 13.0 Å². The van der Waals surface area contributed by atoms with E-state index in [1.165, 1.54) is 0 Å². The van der Waals surface area contributed by atoms with Gasteiger partial charge < -0.3 is 19.7 Å². The molecule has 2 heterocycles. The molecule has 26 heavy (non-hydrogen) atoms. The number of nitrogens with one attached hydrogen (secondary N) is 1. The largest absolute Gasteiger partial charge is 0.454 e. The van der Waals surface area contributed by atoms with Crippen LogP contribution in [0.25, 0.3) is 0 Å². The van der Waals surface area contributed by atoms with Crippen molar-refractivity contribution < 1.29 is 19.1 Å². The van der Waals surface area contributed by atoms with E-state index in [0.29, 0.717) is 43.2 Å². The Morgan fingerprint density at radius 3 is 2.62 bits per heavy atom. The molecule has 0 atom stereocenters. The summed E-state index contributed by atoms with van der Waals surface area (Å²) in [7, 11) is 0. The third-order valence-electron chi connectivity index (χ3n) is 4.38. The first-order valence-electron chi connectivity index (χ1n) is 9.04. The minimum absolute atomic E-state index is 0.00991. The predicted octanol–water partition coefficient (Wildman–Crippen LogP) is 1.48. The fraction of sp³-hybridized carbons (Fsp3) is 0.579. The molecule has 0 bridgehead atoms. The van der Waals surface area contributed by atoms with E-state index in [9.17, 15) is 9.59 Å². The monoisotopic (exact) mass is 361 g/mol. The Balaban J connectivity index is 1.56. The summed E-state index contributed by atoms with van der Waals surface area (Å²) in [5.41, 5.74) is 0.373. The van der Waals surface area contributed by atoms with Gasteiger partial charge in [-0.3, -0.25) is 14.5 Å². The number of hydrogen-bond acceptors (Lipinski definition) is 5. The molecular formula is C19H27N3O4. The molecule has 2 aliphatic heterocycles. The summed E-state index contributed by atoms with van der Waals surface area (Å²) in [4.78, 5) is 28.9. The van der Waals surface area contributed by atoms with Gasteiger partial charge in [-0.2, -0.15) is 0 Å². The lowest BCUT2D eigenvalue weighted by molar-refractivity contribution is -0.123. The first-order valence-corrected chi connectivity index (χ1v) is 9.04. The smallest absolute Gasteiger partial charge is 0.254 e. The number of ether oxygens (including phenoxy) is 2. The van der Waals surface area contributed by atoms with Crippen LogP contribution in [0.3, 0.4) is 0 Å². The molecule has 0 radical (unpaired) electrons. The molecular weight excluding hydrogens is 334 g/mol. The summed E-state index contributed by atoms with van der Waals surface area (Å²) in [6.45, 7) is 9.26. The summed E-state index contributed by atoms with van der Waals surface area (Å²) < 4.78 is 10.6. The van der Waals surface area contributed by atoms with Gasteiger partial charge in [0.05, 0.1) is 6.54 Å². The normalized spacial score (nSPS) is 17.7. The van der Waals surface area contributed by atoms with Crippen LogP contribution < -0.4 is 14.8 Å². The Morgan fingerprint density at radius 1 is 1.08 bits per heavy atom. The van der Waals surface area contributed by atoms with Crippen molar-refractivity contribution in [2.45, 2.75) is 32.7 Å². The number of hydrogen-bond donors (Lipinski definition) is 1. The van der Waals surface area contributed by atoms with E-state index >= 15 is 0 Å². The third-order valence-corrected chi connectivity index (χ3v) is 4.38. The summed E-state index contributed by atoms with van der Waals surface area (Å²) in [6, 6.07) is 5.29. The molecule has 3 rings (SSSR count). The van der Waals surface area contributed by atoms with Crippen molar-refractivity contribution >= 4 is 11.8 Å². The topological polar surface area (TPSA) is 71.1 Å². The van der Waals surface area contributed by atoms with Gasteiger partial charge in [0.15, 0.2) is 11.5 Å². The summed E-state index contributed by atoms with van der Waals surface area (Å²) >= 11 is 0. The first kappa shape index (κ1) is 18.5. The summed E-state index contributed by atoms with van der Waals surface area (Å²) in [5, 5.41) is 2.98. The Bertz CT molecular complexity index is 684. The van der Waals surface area contributed by atoms with E-state index in [1.807, 2.05) is 25.7 Å². The molecule has 1 aromatic rings. The maximum atomic E-state index is 12.8. The molecule has 0 saturated carbocycles. The number of nitrogens with zero attached hydrogens (tertiary/aromatic N) is 2. The van der Waals surface area contributed by atoms with E-state index in [4.69, 9.17) is 9.47 Å². The molecule has 0 aliphatic carbocycles. The molecule has 7 heteroatoms. The Labute approximate surface area is 154 Å². The lowest BCUT2D eigenvalue weighted by Crippen LogP contribution is -2.46.